The van der Waals surface area contributed by atoms with Crippen molar-refractivity contribution in [1.29, 1.82) is 0 Å². The van der Waals surface area contributed by atoms with Gasteiger partial charge in [-0.25, -0.2) is 0 Å². The number of benzene rings is 1. The summed E-state index contributed by atoms with van der Waals surface area (Å²) in [6, 6.07) is 6.91. The SMILES string of the molecule is Cc1ccc(NC2CCCCCC2C)cc1N. The summed E-state index contributed by atoms with van der Waals surface area (Å²) in [4.78, 5) is 0. The molecule has 0 saturated heterocycles. The normalized spacial score (nSPS) is 25.3. The lowest BCUT2D eigenvalue weighted by Gasteiger charge is -2.24. The lowest BCUT2D eigenvalue weighted by atomic mass is 9.96. The summed E-state index contributed by atoms with van der Waals surface area (Å²) in [6.07, 6.45) is 6.76. The van der Waals surface area contributed by atoms with Gasteiger partial charge in [-0.05, 0) is 43.4 Å². The molecule has 0 amide bonds. The zero-order valence-electron chi connectivity index (χ0n) is 11.0. The van der Waals surface area contributed by atoms with Crippen LogP contribution in [0.3, 0.4) is 0 Å². The molecule has 0 heterocycles. The summed E-state index contributed by atoms with van der Waals surface area (Å²) in [6.45, 7) is 4.41. The Balaban J connectivity index is 2.05. The molecule has 1 aliphatic rings. The summed E-state index contributed by atoms with van der Waals surface area (Å²) >= 11 is 0. The Morgan fingerprint density at radius 2 is 1.94 bits per heavy atom. The van der Waals surface area contributed by atoms with E-state index in [4.69, 9.17) is 5.73 Å². The van der Waals surface area contributed by atoms with Crippen molar-refractivity contribution in [3.8, 4) is 0 Å². The number of nitrogen functional groups attached to an aromatic ring is 1. The zero-order chi connectivity index (χ0) is 12.3. The first-order valence-corrected chi connectivity index (χ1v) is 6.79. The Kier molecular flexibility index (Phi) is 3.93. The van der Waals surface area contributed by atoms with E-state index in [-0.39, 0.29) is 0 Å². The summed E-state index contributed by atoms with van der Waals surface area (Å²) in [7, 11) is 0. The van der Waals surface area contributed by atoms with Crippen molar-refractivity contribution in [3.63, 3.8) is 0 Å². The molecule has 0 aliphatic heterocycles. The van der Waals surface area contributed by atoms with Crippen LogP contribution in [0.25, 0.3) is 0 Å². The van der Waals surface area contributed by atoms with Gasteiger partial charge in [0.05, 0.1) is 0 Å². The van der Waals surface area contributed by atoms with Gasteiger partial charge in [-0.3, -0.25) is 0 Å². The molecule has 1 aromatic rings. The van der Waals surface area contributed by atoms with Crippen LogP contribution >= 0.6 is 0 Å². The Morgan fingerprint density at radius 3 is 2.71 bits per heavy atom. The van der Waals surface area contributed by atoms with Gasteiger partial charge in [-0.1, -0.05) is 32.3 Å². The molecule has 2 rings (SSSR count). The van der Waals surface area contributed by atoms with Gasteiger partial charge in [0.2, 0.25) is 0 Å². The summed E-state index contributed by atoms with van der Waals surface area (Å²) < 4.78 is 0. The molecule has 2 unspecified atom stereocenters. The molecule has 1 saturated carbocycles. The Bertz CT molecular complexity index is 373. The van der Waals surface area contributed by atoms with E-state index in [9.17, 15) is 0 Å². The van der Waals surface area contributed by atoms with Crippen molar-refractivity contribution in [1.82, 2.24) is 0 Å². The van der Waals surface area contributed by atoms with Crippen LogP contribution in [0.15, 0.2) is 18.2 Å². The maximum atomic E-state index is 5.95. The fourth-order valence-corrected chi connectivity index (χ4v) is 2.65. The average molecular weight is 232 g/mol. The van der Waals surface area contributed by atoms with E-state index in [1.54, 1.807) is 0 Å². The predicted octanol–water partition coefficient (Wildman–Crippen LogP) is 3.96. The van der Waals surface area contributed by atoms with E-state index >= 15 is 0 Å². The van der Waals surface area contributed by atoms with Crippen molar-refractivity contribution in [3.05, 3.63) is 23.8 Å². The van der Waals surface area contributed by atoms with E-state index in [0.29, 0.717) is 6.04 Å². The maximum absolute atomic E-state index is 5.95. The third-order valence-electron chi connectivity index (χ3n) is 3.99. The van der Waals surface area contributed by atoms with Crippen molar-refractivity contribution in [2.45, 2.75) is 52.0 Å². The minimum absolute atomic E-state index is 0.611. The van der Waals surface area contributed by atoms with E-state index in [0.717, 1.165) is 17.2 Å². The van der Waals surface area contributed by atoms with Crippen molar-refractivity contribution >= 4 is 11.4 Å². The molecule has 0 spiro atoms. The first-order chi connectivity index (χ1) is 8.16. The second kappa shape index (κ2) is 5.44. The van der Waals surface area contributed by atoms with Crippen LogP contribution in [0.4, 0.5) is 11.4 Å². The minimum Gasteiger partial charge on any atom is -0.398 e. The first kappa shape index (κ1) is 12.3. The van der Waals surface area contributed by atoms with E-state index < -0.39 is 0 Å². The van der Waals surface area contributed by atoms with Gasteiger partial charge in [0.15, 0.2) is 0 Å². The molecular formula is C15H24N2. The third-order valence-corrected chi connectivity index (χ3v) is 3.99. The number of hydrogen-bond donors (Lipinski definition) is 2. The number of nitrogens with two attached hydrogens (primary N) is 1. The molecule has 0 radical (unpaired) electrons. The summed E-state index contributed by atoms with van der Waals surface area (Å²) in [5.74, 6) is 0.764. The average Bonchev–Trinajstić information content (AvgIpc) is 2.50. The summed E-state index contributed by atoms with van der Waals surface area (Å²) in [5, 5.41) is 3.66. The molecule has 1 fully saturated rings. The smallest absolute Gasteiger partial charge is 0.0364 e. The molecule has 17 heavy (non-hydrogen) atoms. The second-order valence-corrected chi connectivity index (χ2v) is 5.44. The molecular weight excluding hydrogens is 208 g/mol. The van der Waals surface area contributed by atoms with Crippen molar-refractivity contribution < 1.29 is 0 Å². The van der Waals surface area contributed by atoms with E-state index in [1.165, 1.54) is 37.8 Å². The molecule has 2 nitrogen and oxygen atoms in total. The van der Waals surface area contributed by atoms with E-state index in [1.807, 2.05) is 6.92 Å². The fourth-order valence-electron chi connectivity index (χ4n) is 2.65. The van der Waals surface area contributed by atoms with Gasteiger partial charge in [-0.15, -0.1) is 0 Å². The minimum atomic E-state index is 0.611. The van der Waals surface area contributed by atoms with Crippen molar-refractivity contribution in [2.75, 3.05) is 11.1 Å². The first-order valence-electron chi connectivity index (χ1n) is 6.79. The number of anilines is 2. The standard InChI is InChI=1S/C15H24N2/c1-11-8-9-13(10-14(11)16)17-15-7-5-3-4-6-12(15)2/h8-10,12,15,17H,3-7,16H2,1-2H3. The number of hydrogen-bond acceptors (Lipinski definition) is 2. The Labute approximate surface area is 105 Å². The van der Waals surface area contributed by atoms with Gasteiger partial charge in [0.1, 0.15) is 0 Å². The van der Waals surface area contributed by atoms with Crippen molar-refractivity contribution in [2.24, 2.45) is 5.92 Å². The van der Waals surface area contributed by atoms with Crippen LogP contribution in [0, 0.1) is 12.8 Å². The van der Waals surface area contributed by atoms with Crippen LogP contribution in [-0.2, 0) is 0 Å². The molecule has 0 bridgehead atoms. The van der Waals surface area contributed by atoms with Gasteiger partial charge >= 0.3 is 0 Å². The van der Waals surface area contributed by atoms with Gasteiger partial charge in [0, 0.05) is 17.4 Å². The predicted molar refractivity (Wildman–Crippen MR) is 75.3 cm³/mol. The highest BCUT2D eigenvalue weighted by Crippen LogP contribution is 2.27. The largest absolute Gasteiger partial charge is 0.398 e. The zero-order valence-corrected chi connectivity index (χ0v) is 11.0. The van der Waals surface area contributed by atoms with Gasteiger partial charge in [-0.2, -0.15) is 0 Å². The molecule has 0 aromatic heterocycles. The van der Waals surface area contributed by atoms with E-state index in [2.05, 4.69) is 30.4 Å². The highest BCUT2D eigenvalue weighted by atomic mass is 14.9. The Hall–Kier alpha value is -1.18. The van der Waals surface area contributed by atoms with Crippen LogP contribution in [0.2, 0.25) is 0 Å². The van der Waals surface area contributed by atoms with Crippen LogP contribution in [0.5, 0.6) is 0 Å². The monoisotopic (exact) mass is 232 g/mol. The fraction of sp³-hybridized carbons (Fsp3) is 0.600. The molecule has 3 N–H and O–H groups in total. The highest BCUT2D eigenvalue weighted by molar-refractivity contribution is 5.58. The van der Waals surface area contributed by atoms with Gasteiger partial charge < -0.3 is 11.1 Å². The number of nitrogens with one attached hydrogen (secondary N) is 1. The topological polar surface area (TPSA) is 38.0 Å². The lowest BCUT2D eigenvalue weighted by Crippen LogP contribution is -2.26. The Morgan fingerprint density at radius 1 is 1.18 bits per heavy atom. The molecule has 1 aliphatic carbocycles. The van der Waals surface area contributed by atoms with Crippen LogP contribution in [-0.4, -0.2) is 6.04 Å². The third kappa shape index (κ3) is 3.15. The number of aryl methyl sites for hydroxylation is 1. The summed E-state index contributed by atoms with van der Waals surface area (Å²) in [5.41, 5.74) is 9.17. The highest BCUT2D eigenvalue weighted by Gasteiger charge is 2.19. The lowest BCUT2D eigenvalue weighted by molar-refractivity contribution is 0.457. The van der Waals surface area contributed by atoms with Crippen LogP contribution in [0.1, 0.15) is 44.6 Å². The second-order valence-electron chi connectivity index (χ2n) is 5.44. The van der Waals surface area contributed by atoms with Gasteiger partial charge in [0.25, 0.3) is 0 Å². The van der Waals surface area contributed by atoms with Crippen LogP contribution < -0.4 is 11.1 Å². The maximum Gasteiger partial charge on any atom is 0.0364 e. The molecule has 2 atom stereocenters. The molecule has 1 aromatic carbocycles. The number of rotatable bonds is 2. The quantitative estimate of drug-likeness (QED) is 0.598. The molecule has 94 valence electrons. The molecule has 2 heteroatoms.